The van der Waals surface area contributed by atoms with E-state index in [9.17, 15) is 23.6 Å². The van der Waals surface area contributed by atoms with E-state index in [1.165, 1.54) is 6.92 Å². The van der Waals surface area contributed by atoms with Gasteiger partial charge in [0.1, 0.15) is 12.1 Å². The molecule has 0 aromatic rings. The van der Waals surface area contributed by atoms with Gasteiger partial charge in [0.05, 0.1) is 6.61 Å². The van der Waals surface area contributed by atoms with Crippen LogP contribution in [0.1, 0.15) is 40.5 Å². The highest BCUT2D eigenvalue weighted by Gasteiger charge is 2.55. The lowest BCUT2D eigenvalue weighted by atomic mass is 10.1. The van der Waals surface area contributed by atoms with Crippen molar-refractivity contribution >= 4 is 23.8 Å². The van der Waals surface area contributed by atoms with Gasteiger partial charge in [-0.2, -0.15) is 0 Å². The Hall–Kier alpha value is -2.19. The van der Waals surface area contributed by atoms with E-state index < -0.39 is 47.6 Å². The Balaban J connectivity index is 2.59. The Morgan fingerprint density at radius 1 is 1.21 bits per heavy atom. The van der Waals surface area contributed by atoms with Gasteiger partial charge in [0.2, 0.25) is 11.7 Å². The van der Waals surface area contributed by atoms with E-state index in [2.05, 4.69) is 15.4 Å². The molecule has 136 valence electrons. The maximum atomic E-state index is 13.9. The molecule has 1 aliphatic rings. The summed E-state index contributed by atoms with van der Waals surface area (Å²) in [6.45, 7) is 5.92. The van der Waals surface area contributed by atoms with Gasteiger partial charge in [0.15, 0.2) is 11.7 Å². The van der Waals surface area contributed by atoms with E-state index in [1.54, 1.807) is 20.8 Å². The minimum absolute atomic E-state index is 0.00771. The highest BCUT2D eigenvalue weighted by Crippen LogP contribution is 2.41. The zero-order chi connectivity index (χ0) is 18.5. The summed E-state index contributed by atoms with van der Waals surface area (Å²) in [4.78, 5) is 47.1. The minimum Gasteiger partial charge on any atom is -0.464 e. The third-order valence-electron chi connectivity index (χ3n) is 3.01. The van der Waals surface area contributed by atoms with Gasteiger partial charge in [0.25, 0.3) is 0 Å². The second kappa shape index (κ2) is 7.59. The number of Topliss-reactive ketones (excluding diaryl/α,β-unsaturated/α-hetero) is 1. The molecule has 0 bridgehead atoms. The van der Waals surface area contributed by atoms with Crippen LogP contribution in [0, 0.1) is 0 Å². The van der Waals surface area contributed by atoms with Crippen LogP contribution in [0.4, 0.5) is 9.18 Å². The van der Waals surface area contributed by atoms with Crippen LogP contribution >= 0.6 is 0 Å². The Morgan fingerprint density at radius 2 is 1.79 bits per heavy atom. The van der Waals surface area contributed by atoms with Crippen LogP contribution in [0.2, 0.25) is 0 Å². The van der Waals surface area contributed by atoms with Gasteiger partial charge >= 0.3 is 12.1 Å². The Labute approximate surface area is 139 Å². The topological polar surface area (TPSA) is 111 Å². The fraction of sp³-hybridized carbons (Fsp3) is 0.733. The fourth-order valence-electron chi connectivity index (χ4n) is 1.75. The van der Waals surface area contributed by atoms with E-state index in [0.29, 0.717) is 0 Å². The molecule has 1 saturated carbocycles. The molecule has 1 atom stereocenters. The van der Waals surface area contributed by atoms with Crippen LogP contribution in [-0.2, 0) is 23.9 Å². The van der Waals surface area contributed by atoms with Crippen molar-refractivity contribution in [2.75, 3.05) is 13.2 Å². The Morgan fingerprint density at radius 3 is 2.25 bits per heavy atom. The molecule has 1 aliphatic carbocycles. The smallest absolute Gasteiger partial charge is 0.408 e. The van der Waals surface area contributed by atoms with Gasteiger partial charge < -0.3 is 20.1 Å². The van der Waals surface area contributed by atoms with E-state index in [4.69, 9.17) is 4.74 Å². The molecule has 24 heavy (non-hydrogen) atoms. The molecule has 2 N–H and O–H groups in total. The first-order valence-corrected chi connectivity index (χ1v) is 7.64. The number of carbonyl (C=O) groups is 4. The van der Waals surface area contributed by atoms with E-state index in [-0.39, 0.29) is 19.4 Å². The minimum atomic E-state index is -2.09. The molecule has 0 aromatic heterocycles. The molecule has 0 heterocycles. The van der Waals surface area contributed by atoms with E-state index >= 15 is 0 Å². The quantitative estimate of drug-likeness (QED) is 0.517. The molecular weight excluding hydrogens is 323 g/mol. The van der Waals surface area contributed by atoms with Crippen molar-refractivity contribution in [2.24, 2.45) is 0 Å². The molecule has 0 spiro atoms. The normalized spacial score (nSPS) is 16.5. The van der Waals surface area contributed by atoms with Crippen molar-refractivity contribution < 1.29 is 33.0 Å². The lowest BCUT2D eigenvalue weighted by Crippen LogP contribution is -2.53. The van der Waals surface area contributed by atoms with Crippen molar-refractivity contribution in [3.05, 3.63) is 0 Å². The predicted molar refractivity (Wildman–Crippen MR) is 80.9 cm³/mol. The second-order valence-electron chi connectivity index (χ2n) is 6.44. The van der Waals surface area contributed by atoms with Gasteiger partial charge in [-0.3, -0.25) is 9.59 Å². The van der Waals surface area contributed by atoms with Gasteiger partial charge in [-0.1, -0.05) is 0 Å². The lowest BCUT2D eigenvalue weighted by molar-refractivity contribution is -0.152. The number of amides is 2. The average Bonchev–Trinajstić information content (AvgIpc) is 3.19. The van der Waals surface area contributed by atoms with Crippen LogP contribution in [0.5, 0.6) is 0 Å². The number of halogens is 1. The first-order chi connectivity index (χ1) is 11.0. The summed E-state index contributed by atoms with van der Waals surface area (Å²) >= 11 is 0. The fourth-order valence-corrected chi connectivity index (χ4v) is 1.75. The highest BCUT2D eigenvalue weighted by atomic mass is 19.1. The van der Waals surface area contributed by atoms with Crippen LogP contribution in [0.25, 0.3) is 0 Å². The summed E-state index contributed by atoms with van der Waals surface area (Å²) in [6.07, 6.45) is -0.817. The number of nitrogens with one attached hydrogen (secondary N) is 2. The first kappa shape index (κ1) is 19.9. The summed E-state index contributed by atoms with van der Waals surface area (Å²) in [5.41, 5.74) is -2.83. The lowest BCUT2D eigenvalue weighted by Gasteiger charge is -2.20. The standard InChI is InChI=1S/C15H23FN2O6/c1-5-23-12(21)10(11(20)15(16)6-7-15)18-9(19)8-17-13(22)24-14(2,3)4/h10H,5-8H2,1-4H3,(H,17,22)(H,18,19). The number of alkyl halides is 1. The maximum Gasteiger partial charge on any atom is 0.408 e. The van der Waals surface area contributed by atoms with Crippen molar-refractivity contribution in [1.29, 1.82) is 0 Å². The molecule has 0 saturated heterocycles. The van der Waals surface area contributed by atoms with Crippen molar-refractivity contribution in [3.63, 3.8) is 0 Å². The molecular formula is C15H23FN2O6. The summed E-state index contributed by atoms with van der Waals surface area (Å²) in [6, 6.07) is -1.73. The zero-order valence-corrected chi connectivity index (χ0v) is 14.2. The van der Waals surface area contributed by atoms with Crippen LogP contribution < -0.4 is 10.6 Å². The molecule has 0 aromatic carbocycles. The number of hydrogen-bond acceptors (Lipinski definition) is 6. The monoisotopic (exact) mass is 346 g/mol. The van der Waals surface area contributed by atoms with Crippen LogP contribution in [-0.4, -0.2) is 54.2 Å². The number of rotatable bonds is 7. The number of carbonyl (C=O) groups excluding carboxylic acids is 4. The first-order valence-electron chi connectivity index (χ1n) is 7.64. The number of ether oxygens (including phenoxy) is 2. The molecule has 2 amide bonds. The molecule has 0 aliphatic heterocycles. The van der Waals surface area contributed by atoms with Crippen molar-refractivity contribution in [2.45, 2.75) is 57.8 Å². The number of ketones is 1. The number of alkyl carbamates (subject to hydrolysis) is 1. The molecule has 8 nitrogen and oxygen atoms in total. The summed E-state index contributed by atoms with van der Waals surface area (Å²) in [5, 5.41) is 4.27. The van der Waals surface area contributed by atoms with Crippen LogP contribution in [0.3, 0.4) is 0 Å². The van der Waals surface area contributed by atoms with Crippen LogP contribution in [0.15, 0.2) is 0 Å². The second-order valence-corrected chi connectivity index (χ2v) is 6.44. The summed E-state index contributed by atoms with van der Waals surface area (Å²) < 4.78 is 23.5. The van der Waals surface area contributed by atoms with Gasteiger partial charge in [-0.15, -0.1) is 0 Å². The SMILES string of the molecule is CCOC(=O)C(NC(=O)CNC(=O)OC(C)(C)C)C(=O)C1(F)CC1. The van der Waals surface area contributed by atoms with Gasteiger partial charge in [-0.25, -0.2) is 14.0 Å². The maximum absolute atomic E-state index is 13.9. The Bertz CT molecular complexity index is 525. The van der Waals surface area contributed by atoms with E-state index in [0.717, 1.165) is 0 Å². The van der Waals surface area contributed by atoms with Crippen molar-refractivity contribution in [1.82, 2.24) is 10.6 Å². The van der Waals surface area contributed by atoms with E-state index in [1.807, 2.05) is 0 Å². The van der Waals surface area contributed by atoms with Gasteiger partial charge in [-0.05, 0) is 40.5 Å². The molecule has 1 fully saturated rings. The molecule has 1 rings (SSSR count). The average molecular weight is 346 g/mol. The van der Waals surface area contributed by atoms with Crippen molar-refractivity contribution in [3.8, 4) is 0 Å². The third-order valence-corrected chi connectivity index (χ3v) is 3.01. The predicted octanol–water partition coefficient (Wildman–Crippen LogP) is 0.630. The molecule has 1 unspecified atom stereocenters. The third kappa shape index (κ3) is 6.13. The highest BCUT2D eigenvalue weighted by molar-refractivity contribution is 6.10. The molecule has 0 radical (unpaired) electrons. The number of hydrogen-bond donors (Lipinski definition) is 2. The Kier molecular flexibility index (Phi) is 6.28. The molecule has 9 heteroatoms. The largest absolute Gasteiger partial charge is 0.464 e. The zero-order valence-electron chi connectivity index (χ0n) is 14.2. The van der Waals surface area contributed by atoms with Gasteiger partial charge in [0, 0.05) is 0 Å². The summed E-state index contributed by atoms with van der Waals surface area (Å²) in [5.74, 6) is -2.90. The number of esters is 1. The summed E-state index contributed by atoms with van der Waals surface area (Å²) in [7, 11) is 0.